The van der Waals surface area contributed by atoms with Crippen molar-refractivity contribution in [2.75, 3.05) is 18.1 Å². The van der Waals surface area contributed by atoms with Gasteiger partial charge in [-0.1, -0.05) is 0 Å². The summed E-state index contributed by atoms with van der Waals surface area (Å²) in [6, 6.07) is 7.39. The SMILES string of the molecule is O=C(O)c1ccc(N(CCO)C(=O)c2ccoc2)cc1. The minimum atomic E-state index is -1.04. The van der Waals surface area contributed by atoms with E-state index in [2.05, 4.69) is 0 Å². The monoisotopic (exact) mass is 275 g/mol. The van der Waals surface area contributed by atoms with Crippen molar-refractivity contribution in [3.63, 3.8) is 0 Å². The van der Waals surface area contributed by atoms with Crippen LogP contribution in [0.2, 0.25) is 0 Å². The maximum Gasteiger partial charge on any atom is 0.335 e. The summed E-state index contributed by atoms with van der Waals surface area (Å²) in [6.07, 6.45) is 2.70. The topological polar surface area (TPSA) is 91.0 Å². The van der Waals surface area contributed by atoms with E-state index in [0.717, 1.165) is 0 Å². The zero-order chi connectivity index (χ0) is 14.5. The minimum absolute atomic E-state index is 0.108. The van der Waals surface area contributed by atoms with E-state index in [0.29, 0.717) is 11.3 Å². The molecule has 1 amide bonds. The van der Waals surface area contributed by atoms with Gasteiger partial charge in [0.05, 0.1) is 24.0 Å². The number of carboxylic acid groups (broad SMARTS) is 1. The summed E-state index contributed by atoms with van der Waals surface area (Å²) in [6.45, 7) is -0.0965. The van der Waals surface area contributed by atoms with Gasteiger partial charge in [-0.25, -0.2) is 4.79 Å². The predicted molar refractivity (Wildman–Crippen MR) is 70.9 cm³/mol. The summed E-state index contributed by atoms with van der Waals surface area (Å²) in [4.78, 5) is 24.4. The molecular weight excluding hydrogens is 262 g/mol. The number of carboxylic acids is 1. The molecule has 0 radical (unpaired) electrons. The van der Waals surface area contributed by atoms with Crippen LogP contribution in [-0.2, 0) is 0 Å². The Balaban J connectivity index is 2.28. The molecule has 2 aromatic rings. The Hall–Kier alpha value is -2.60. The number of aliphatic hydroxyl groups excluding tert-OH is 1. The number of benzene rings is 1. The molecule has 104 valence electrons. The molecule has 0 fully saturated rings. The van der Waals surface area contributed by atoms with Gasteiger partial charge in [0.2, 0.25) is 0 Å². The average molecular weight is 275 g/mol. The number of amides is 1. The Labute approximate surface area is 114 Å². The molecule has 0 unspecified atom stereocenters. The van der Waals surface area contributed by atoms with Crippen molar-refractivity contribution in [2.24, 2.45) is 0 Å². The maximum atomic E-state index is 12.3. The minimum Gasteiger partial charge on any atom is -0.478 e. The summed E-state index contributed by atoms with van der Waals surface area (Å²) in [7, 11) is 0. The quantitative estimate of drug-likeness (QED) is 0.865. The van der Waals surface area contributed by atoms with Gasteiger partial charge in [-0.05, 0) is 30.3 Å². The van der Waals surface area contributed by atoms with Crippen LogP contribution in [0.4, 0.5) is 5.69 Å². The third-order valence-corrected chi connectivity index (χ3v) is 2.76. The molecule has 2 N–H and O–H groups in total. The second kappa shape index (κ2) is 6.03. The lowest BCUT2D eigenvalue weighted by atomic mass is 10.2. The van der Waals surface area contributed by atoms with E-state index in [9.17, 15) is 9.59 Å². The number of anilines is 1. The number of furan rings is 1. The predicted octanol–water partition coefficient (Wildman–Crippen LogP) is 1.62. The molecule has 0 aliphatic rings. The first-order valence-electron chi connectivity index (χ1n) is 5.91. The van der Waals surface area contributed by atoms with Gasteiger partial charge in [0.15, 0.2) is 0 Å². The first-order chi connectivity index (χ1) is 9.63. The summed E-state index contributed by atoms with van der Waals surface area (Å²) in [5.74, 6) is -1.36. The van der Waals surface area contributed by atoms with Crippen LogP contribution in [-0.4, -0.2) is 35.2 Å². The van der Waals surface area contributed by atoms with Crippen molar-refractivity contribution >= 4 is 17.6 Å². The van der Waals surface area contributed by atoms with Crippen molar-refractivity contribution in [3.05, 3.63) is 54.0 Å². The van der Waals surface area contributed by atoms with Crippen molar-refractivity contribution < 1.29 is 24.2 Å². The molecule has 1 aromatic heterocycles. The van der Waals surface area contributed by atoms with Gasteiger partial charge in [0.25, 0.3) is 5.91 Å². The van der Waals surface area contributed by atoms with Crippen molar-refractivity contribution in [1.82, 2.24) is 0 Å². The van der Waals surface area contributed by atoms with Gasteiger partial charge in [-0.15, -0.1) is 0 Å². The van der Waals surface area contributed by atoms with Gasteiger partial charge in [-0.2, -0.15) is 0 Å². The highest BCUT2D eigenvalue weighted by Gasteiger charge is 2.18. The van der Waals surface area contributed by atoms with Crippen LogP contribution >= 0.6 is 0 Å². The number of aromatic carboxylic acids is 1. The number of carbonyl (C=O) groups excluding carboxylic acids is 1. The largest absolute Gasteiger partial charge is 0.478 e. The van der Waals surface area contributed by atoms with Crippen LogP contribution in [0.25, 0.3) is 0 Å². The highest BCUT2D eigenvalue weighted by Crippen LogP contribution is 2.18. The number of nitrogens with zero attached hydrogens (tertiary/aromatic N) is 1. The van der Waals surface area contributed by atoms with Crippen molar-refractivity contribution in [3.8, 4) is 0 Å². The van der Waals surface area contributed by atoms with Gasteiger partial charge in [0.1, 0.15) is 6.26 Å². The fourth-order valence-corrected chi connectivity index (χ4v) is 1.77. The van der Waals surface area contributed by atoms with E-state index in [4.69, 9.17) is 14.6 Å². The fraction of sp³-hybridized carbons (Fsp3) is 0.143. The van der Waals surface area contributed by atoms with E-state index in [1.54, 1.807) is 0 Å². The number of hydrogen-bond acceptors (Lipinski definition) is 4. The molecule has 0 aliphatic carbocycles. The van der Waals surface area contributed by atoms with E-state index in [1.807, 2.05) is 0 Å². The van der Waals surface area contributed by atoms with Crippen molar-refractivity contribution in [2.45, 2.75) is 0 Å². The summed E-state index contributed by atoms with van der Waals surface area (Å²) < 4.78 is 4.86. The highest BCUT2D eigenvalue weighted by molar-refractivity contribution is 6.06. The van der Waals surface area contributed by atoms with E-state index in [1.165, 1.54) is 47.8 Å². The third kappa shape index (κ3) is 2.86. The molecule has 2 rings (SSSR count). The van der Waals surface area contributed by atoms with Crippen LogP contribution in [0.5, 0.6) is 0 Å². The Morgan fingerprint density at radius 2 is 1.80 bits per heavy atom. The average Bonchev–Trinajstić information content (AvgIpc) is 2.98. The third-order valence-electron chi connectivity index (χ3n) is 2.76. The molecule has 1 heterocycles. The smallest absolute Gasteiger partial charge is 0.335 e. The zero-order valence-corrected chi connectivity index (χ0v) is 10.5. The maximum absolute atomic E-state index is 12.3. The van der Waals surface area contributed by atoms with Crippen LogP contribution in [0.3, 0.4) is 0 Å². The van der Waals surface area contributed by atoms with Crippen LogP contribution in [0.1, 0.15) is 20.7 Å². The Bertz CT molecular complexity index is 589. The molecule has 0 spiro atoms. The van der Waals surface area contributed by atoms with E-state index < -0.39 is 5.97 Å². The summed E-state index contributed by atoms with van der Waals surface area (Å²) in [5, 5.41) is 17.9. The van der Waals surface area contributed by atoms with Gasteiger partial charge < -0.3 is 19.5 Å². The second-order valence-corrected chi connectivity index (χ2v) is 4.04. The highest BCUT2D eigenvalue weighted by atomic mass is 16.4. The number of rotatable bonds is 5. The van der Waals surface area contributed by atoms with Gasteiger partial charge in [0, 0.05) is 12.2 Å². The standard InChI is InChI=1S/C14H13NO5/c16-7-6-15(13(17)11-5-8-20-9-11)12-3-1-10(2-4-12)14(18)19/h1-5,8-9,16H,6-7H2,(H,18,19). The van der Waals surface area contributed by atoms with Gasteiger partial charge >= 0.3 is 5.97 Å². The van der Waals surface area contributed by atoms with E-state index >= 15 is 0 Å². The fourth-order valence-electron chi connectivity index (χ4n) is 1.77. The molecule has 0 saturated heterocycles. The van der Waals surface area contributed by atoms with Crippen molar-refractivity contribution in [1.29, 1.82) is 0 Å². The number of hydrogen-bond donors (Lipinski definition) is 2. The van der Waals surface area contributed by atoms with Crippen LogP contribution in [0, 0.1) is 0 Å². The lowest BCUT2D eigenvalue weighted by Crippen LogP contribution is -2.33. The number of carbonyl (C=O) groups is 2. The molecule has 0 bridgehead atoms. The van der Waals surface area contributed by atoms with Crippen LogP contribution < -0.4 is 4.90 Å². The molecule has 20 heavy (non-hydrogen) atoms. The molecule has 1 aromatic carbocycles. The molecular formula is C14H13NO5. The lowest BCUT2D eigenvalue weighted by molar-refractivity contribution is 0.0696. The Morgan fingerprint density at radius 3 is 2.30 bits per heavy atom. The molecule has 0 aliphatic heterocycles. The van der Waals surface area contributed by atoms with E-state index in [-0.39, 0.29) is 24.6 Å². The molecule has 6 nitrogen and oxygen atoms in total. The Kier molecular flexibility index (Phi) is 4.17. The number of aliphatic hydroxyl groups is 1. The first kappa shape index (κ1) is 13.8. The normalized spacial score (nSPS) is 10.2. The van der Waals surface area contributed by atoms with Gasteiger partial charge in [-0.3, -0.25) is 4.79 Å². The summed E-state index contributed by atoms with van der Waals surface area (Å²) in [5.41, 5.74) is 1.00. The Morgan fingerprint density at radius 1 is 1.10 bits per heavy atom. The lowest BCUT2D eigenvalue weighted by Gasteiger charge is -2.21. The summed E-state index contributed by atoms with van der Waals surface area (Å²) >= 11 is 0. The first-order valence-corrected chi connectivity index (χ1v) is 5.91. The zero-order valence-electron chi connectivity index (χ0n) is 10.5. The molecule has 6 heteroatoms. The molecule has 0 saturated carbocycles. The van der Waals surface area contributed by atoms with Crippen LogP contribution in [0.15, 0.2) is 47.3 Å². The molecule has 0 atom stereocenters. The second-order valence-electron chi connectivity index (χ2n) is 4.04.